The Morgan fingerprint density at radius 1 is 1.23 bits per heavy atom. The van der Waals surface area contributed by atoms with Gasteiger partial charge in [-0.3, -0.25) is 0 Å². The van der Waals surface area contributed by atoms with Crippen LogP contribution in [0.15, 0.2) is 29.2 Å². The van der Waals surface area contributed by atoms with Crippen molar-refractivity contribution < 1.29 is 21.2 Å². The molecule has 22 heavy (non-hydrogen) atoms. The predicted octanol–water partition coefficient (Wildman–Crippen LogP) is 1.01. The molecule has 1 aliphatic heterocycles. The smallest absolute Gasteiger partial charge is 0.183 e. The van der Waals surface area contributed by atoms with Gasteiger partial charge in [0.05, 0.1) is 21.7 Å². The van der Waals surface area contributed by atoms with E-state index in [2.05, 4.69) is 5.32 Å². The third kappa shape index (κ3) is 3.85. The number of hydrogen-bond acceptors (Lipinski definition) is 5. The molecule has 124 valence electrons. The maximum absolute atomic E-state index is 13.0. The van der Waals surface area contributed by atoms with Gasteiger partial charge in [0.25, 0.3) is 0 Å². The summed E-state index contributed by atoms with van der Waals surface area (Å²) >= 11 is 0. The van der Waals surface area contributed by atoms with Crippen LogP contribution in [0, 0.1) is 11.7 Å². The molecule has 8 heteroatoms. The SMILES string of the molecule is CC(C)CN[C@@H]1CS(=O)(=O)C[C@H]1S(=O)(=O)c1ccc(F)cc1. The second-order valence-electron chi connectivity index (χ2n) is 6.02. The van der Waals surface area contributed by atoms with Crippen molar-refractivity contribution in [2.45, 2.75) is 30.0 Å². The summed E-state index contributed by atoms with van der Waals surface area (Å²) in [6.07, 6.45) is 0. The highest BCUT2D eigenvalue weighted by atomic mass is 32.2. The molecule has 0 aliphatic carbocycles. The summed E-state index contributed by atoms with van der Waals surface area (Å²) in [6, 6.07) is 3.84. The minimum absolute atomic E-state index is 0.0488. The second kappa shape index (κ2) is 6.25. The molecule has 1 aromatic carbocycles. The largest absolute Gasteiger partial charge is 0.311 e. The number of hydrogen-bond donors (Lipinski definition) is 1. The molecular weight excluding hydrogens is 329 g/mol. The van der Waals surface area contributed by atoms with E-state index >= 15 is 0 Å². The van der Waals surface area contributed by atoms with E-state index < -0.39 is 42.5 Å². The highest BCUT2D eigenvalue weighted by molar-refractivity contribution is 7.96. The Balaban J connectivity index is 2.32. The average molecular weight is 349 g/mol. The molecule has 0 radical (unpaired) electrons. The molecule has 0 spiro atoms. The van der Waals surface area contributed by atoms with Crippen LogP contribution < -0.4 is 5.32 Å². The first-order valence-electron chi connectivity index (χ1n) is 7.05. The summed E-state index contributed by atoms with van der Waals surface area (Å²) in [6.45, 7) is 4.45. The van der Waals surface area contributed by atoms with E-state index in [1.807, 2.05) is 13.8 Å². The van der Waals surface area contributed by atoms with Crippen LogP contribution in [-0.2, 0) is 19.7 Å². The lowest BCUT2D eigenvalue weighted by molar-refractivity contribution is 0.480. The monoisotopic (exact) mass is 349 g/mol. The normalized spacial score (nSPS) is 24.7. The molecule has 1 aliphatic rings. The zero-order valence-corrected chi connectivity index (χ0v) is 14.1. The van der Waals surface area contributed by atoms with Gasteiger partial charge in [0.2, 0.25) is 0 Å². The third-order valence-corrected chi connectivity index (χ3v) is 7.80. The quantitative estimate of drug-likeness (QED) is 0.803. The Morgan fingerprint density at radius 2 is 1.82 bits per heavy atom. The van der Waals surface area contributed by atoms with Crippen molar-refractivity contribution in [2.24, 2.45) is 5.92 Å². The van der Waals surface area contributed by atoms with Crippen LogP contribution in [0.25, 0.3) is 0 Å². The molecule has 2 rings (SSSR count). The molecule has 0 saturated carbocycles. The van der Waals surface area contributed by atoms with Gasteiger partial charge in [0, 0.05) is 6.04 Å². The van der Waals surface area contributed by atoms with E-state index in [1.54, 1.807) is 0 Å². The van der Waals surface area contributed by atoms with Crippen LogP contribution in [0.4, 0.5) is 4.39 Å². The van der Waals surface area contributed by atoms with Crippen LogP contribution in [0.5, 0.6) is 0 Å². The van der Waals surface area contributed by atoms with E-state index in [9.17, 15) is 21.2 Å². The molecule has 2 atom stereocenters. The van der Waals surface area contributed by atoms with E-state index in [-0.39, 0.29) is 16.6 Å². The summed E-state index contributed by atoms with van der Waals surface area (Å²) in [4.78, 5) is -0.0488. The number of nitrogens with one attached hydrogen (secondary N) is 1. The van der Waals surface area contributed by atoms with Gasteiger partial charge in [-0.2, -0.15) is 0 Å². The lowest BCUT2D eigenvalue weighted by Gasteiger charge is -2.21. The summed E-state index contributed by atoms with van der Waals surface area (Å²) in [7, 11) is -7.24. The highest BCUT2D eigenvalue weighted by Crippen LogP contribution is 2.26. The molecule has 1 heterocycles. The Morgan fingerprint density at radius 3 is 2.36 bits per heavy atom. The number of sulfone groups is 2. The Bertz CT molecular complexity index is 727. The standard InChI is InChI=1S/C14H20FNO4S2/c1-10(2)7-16-13-8-21(17,18)9-14(13)22(19,20)12-5-3-11(15)4-6-12/h3-6,10,13-14,16H,7-9H2,1-2H3/t13-,14-/m1/s1. The molecule has 0 bridgehead atoms. The van der Waals surface area contributed by atoms with Gasteiger partial charge in [-0.15, -0.1) is 0 Å². The van der Waals surface area contributed by atoms with Crippen molar-refractivity contribution in [1.29, 1.82) is 0 Å². The van der Waals surface area contributed by atoms with Gasteiger partial charge in [0.15, 0.2) is 19.7 Å². The van der Waals surface area contributed by atoms with Crippen molar-refractivity contribution in [2.75, 3.05) is 18.1 Å². The molecule has 0 amide bonds. The first kappa shape index (κ1) is 17.4. The summed E-state index contributed by atoms with van der Waals surface area (Å²) in [5.74, 6) is -0.849. The first-order valence-corrected chi connectivity index (χ1v) is 10.4. The van der Waals surface area contributed by atoms with Gasteiger partial charge in [0.1, 0.15) is 5.82 Å². The lowest BCUT2D eigenvalue weighted by atomic mass is 10.2. The zero-order valence-electron chi connectivity index (χ0n) is 12.5. The average Bonchev–Trinajstić information content (AvgIpc) is 2.73. The molecule has 0 aromatic heterocycles. The Labute approximate surface area is 130 Å². The lowest BCUT2D eigenvalue weighted by Crippen LogP contribution is -2.44. The molecule has 5 nitrogen and oxygen atoms in total. The highest BCUT2D eigenvalue weighted by Gasteiger charge is 2.45. The second-order valence-corrected chi connectivity index (χ2v) is 10.3. The maximum Gasteiger partial charge on any atom is 0.183 e. The van der Waals surface area contributed by atoms with Crippen molar-refractivity contribution in [3.8, 4) is 0 Å². The minimum Gasteiger partial charge on any atom is -0.311 e. The van der Waals surface area contributed by atoms with Crippen molar-refractivity contribution in [3.63, 3.8) is 0 Å². The fraction of sp³-hybridized carbons (Fsp3) is 0.571. The topological polar surface area (TPSA) is 80.3 Å². The van der Waals surface area contributed by atoms with Crippen molar-refractivity contribution >= 4 is 19.7 Å². The molecule has 1 aromatic rings. The Hall–Kier alpha value is -0.990. The third-order valence-electron chi connectivity index (χ3n) is 3.63. The molecular formula is C14H20FNO4S2. The molecule has 1 fully saturated rings. The van der Waals surface area contributed by atoms with Crippen molar-refractivity contribution in [3.05, 3.63) is 30.1 Å². The van der Waals surface area contributed by atoms with Crippen LogP contribution in [0.1, 0.15) is 13.8 Å². The first-order chi connectivity index (χ1) is 10.1. The fourth-order valence-electron chi connectivity index (χ4n) is 2.50. The number of rotatable bonds is 5. The van der Waals surface area contributed by atoms with E-state index in [0.29, 0.717) is 6.54 Å². The number of halogens is 1. The van der Waals surface area contributed by atoms with Gasteiger partial charge in [-0.25, -0.2) is 21.2 Å². The maximum atomic E-state index is 13.0. The van der Waals surface area contributed by atoms with Gasteiger partial charge in [-0.05, 0) is 36.7 Å². The van der Waals surface area contributed by atoms with Crippen molar-refractivity contribution in [1.82, 2.24) is 5.32 Å². The zero-order chi connectivity index (χ0) is 16.5. The summed E-state index contributed by atoms with van der Waals surface area (Å²) in [5.41, 5.74) is 0. The fourth-order valence-corrected chi connectivity index (χ4v) is 7.21. The van der Waals surface area contributed by atoms with E-state index in [4.69, 9.17) is 0 Å². The minimum atomic E-state index is -3.83. The van der Waals surface area contributed by atoms with Crippen LogP contribution in [0.2, 0.25) is 0 Å². The number of benzene rings is 1. The summed E-state index contributed by atoms with van der Waals surface area (Å²) < 4.78 is 62.0. The van der Waals surface area contributed by atoms with Gasteiger partial charge < -0.3 is 5.32 Å². The van der Waals surface area contributed by atoms with E-state index in [0.717, 1.165) is 12.1 Å². The molecule has 1 N–H and O–H groups in total. The van der Waals surface area contributed by atoms with Gasteiger partial charge >= 0.3 is 0 Å². The van der Waals surface area contributed by atoms with E-state index in [1.165, 1.54) is 12.1 Å². The summed E-state index contributed by atoms with van der Waals surface area (Å²) in [5, 5.41) is 2.00. The van der Waals surface area contributed by atoms with Gasteiger partial charge in [-0.1, -0.05) is 13.8 Å². The predicted molar refractivity (Wildman–Crippen MR) is 82.7 cm³/mol. The van der Waals surface area contributed by atoms with Crippen LogP contribution in [0.3, 0.4) is 0 Å². The van der Waals surface area contributed by atoms with Crippen LogP contribution >= 0.6 is 0 Å². The molecule has 1 saturated heterocycles. The molecule has 0 unspecified atom stereocenters. The Kier molecular flexibility index (Phi) is 4.93. The van der Waals surface area contributed by atoms with Crippen LogP contribution in [-0.4, -0.2) is 46.2 Å².